The minimum Gasteiger partial charge on any atom is -0.508 e. The highest BCUT2D eigenvalue weighted by molar-refractivity contribution is 7.99. The topological polar surface area (TPSA) is 89.3 Å². The van der Waals surface area contributed by atoms with Crippen LogP contribution in [0.1, 0.15) is 64.1 Å². The van der Waals surface area contributed by atoms with Gasteiger partial charge in [-0.15, -0.1) is 10.2 Å². The van der Waals surface area contributed by atoms with Crippen LogP contribution in [0.25, 0.3) is 0 Å². The van der Waals surface area contributed by atoms with Gasteiger partial charge in [0.1, 0.15) is 11.5 Å². The predicted octanol–water partition coefficient (Wildman–Crippen LogP) is 5.56. The van der Waals surface area contributed by atoms with Crippen LogP contribution in [0, 0.1) is 0 Å². The molecule has 0 fully saturated rings. The number of thioether (sulfide) groups is 1. The first-order valence-electron chi connectivity index (χ1n) is 10.7. The van der Waals surface area contributed by atoms with Crippen molar-refractivity contribution in [3.8, 4) is 11.5 Å². The van der Waals surface area contributed by atoms with E-state index in [2.05, 4.69) is 49.3 Å². The Labute approximate surface area is 193 Å². The Hall–Kier alpha value is -3.00. The first kappa shape index (κ1) is 23.7. The van der Waals surface area contributed by atoms with Gasteiger partial charge in [0, 0.05) is 17.8 Å². The quantitative estimate of drug-likeness (QED) is 0.412. The average molecular weight is 455 g/mol. The van der Waals surface area contributed by atoms with E-state index in [-0.39, 0.29) is 29.6 Å². The first-order chi connectivity index (χ1) is 15.3. The number of rotatable bonds is 9. The number of hydrogen-bond donors (Lipinski definition) is 2. The Bertz CT molecular complexity index is 1060. The van der Waals surface area contributed by atoms with Crippen molar-refractivity contribution in [3.05, 3.63) is 59.9 Å². The number of anilines is 1. The highest BCUT2D eigenvalue weighted by Crippen LogP contribution is 2.32. The highest BCUT2D eigenvalue weighted by atomic mass is 32.2. The van der Waals surface area contributed by atoms with E-state index in [0.29, 0.717) is 16.8 Å². The third-order valence-electron chi connectivity index (χ3n) is 4.88. The fraction of sp³-hybridized carbons (Fsp3) is 0.375. The minimum atomic E-state index is -0.305. The largest absolute Gasteiger partial charge is 0.508 e. The number of aromatic nitrogens is 3. The molecule has 2 N–H and O–H groups in total. The zero-order valence-electron chi connectivity index (χ0n) is 19.1. The fourth-order valence-electron chi connectivity index (χ4n) is 3.37. The lowest BCUT2D eigenvalue weighted by Crippen LogP contribution is -2.17. The number of hydrogen-bond acceptors (Lipinski definition) is 6. The molecule has 1 amide bonds. The average Bonchev–Trinajstić information content (AvgIpc) is 3.17. The van der Waals surface area contributed by atoms with Crippen molar-refractivity contribution in [1.82, 2.24) is 14.8 Å². The Kier molecular flexibility index (Phi) is 7.80. The number of phenolic OH excluding ortho intramolecular Hbond substituents is 1. The SMILES string of the molecule is CC(C)c1ccccc1OC(C)c1nnc(SCC(=O)Nc2cccc(O)c2)n1C(C)C. The van der Waals surface area contributed by atoms with E-state index >= 15 is 0 Å². The summed E-state index contributed by atoms with van der Waals surface area (Å²) in [4.78, 5) is 12.4. The van der Waals surface area contributed by atoms with Crippen LogP contribution in [0.15, 0.2) is 53.7 Å². The van der Waals surface area contributed by atoms with Crippen LogP contribution < -0.4 is 10.1 Å². The number of aromatic hydroxyl groups is 1. The molecule has 0 saturated heterocycles. The van der Waals surface area contributed by atoms with Crippen LogP contribution in [0.3, 0.4) is 0 Å². The van der Waals surface area contributed by atoms with Gasteiger partial charge in [-0.3, -0.25) is 4.79 Å². The summed E-state index contributed by atoms with van der Waals surface area (Å²) in [6.07, 6.45) is -0.305. The normalized spacial score (nSPS) is 12.2. The van der Waals surface area contributed by atoms with E-state index < -0.39 is 0 Å². The molecule has 1 aromatic heterocycles. The molecule has 1 unspecified atom stereocenters. The molecule has 0 spiro atoms. The van der Waals surface area contributed by atoms with Gasteiger partial charge in [-0.1, -0.05) is 49.9 Å². The van der Waals surface area contributed by atoms with Crippen molar-refractivity contribution >= 4 is 23.4 Å². The standard InChI is InChI=1S/C24H30N4O3S/c1-15(2)20-11-6-7-12-21(20)31-17(5)23-26-27-24(28(23)16(3)4)32-14-22(30)25-18-9-8-10-19(29)13-18/h6-13,15-17,29H,14H2,1-5H3,(H,25,30). The second-order valence-electron chi connectivity index (χ2n) is 8.14. The van der Waals surface area contributed by atoms with Crippen molar-refractivity contribution in [2.24, 2.45) is 0 Å². The zero-order chi connectivity index (χ0) is 23.3. The van der Waals surface area contributed by atoms with Gasteiger partial charge in [-0.05, 0) is 50.5 Å². The highest BCUT2D eigenvalue weighted by Gasteiger charge is 2.23. The van der Waals surface area contributed by atoms with Gasteiger partial charge in [0.15, 0.2) is 17.1 Å². The monoisotopic (exact) mass is 454 g/mol. The van der Waals surface area contributed by atoms with Gasteiger partial charge in [0.25, 0.3) is 0 Å². The number of carbonyl (C=O) groups is 1. The van der Waals surface area contributed by atoms with Crippen LogP contribution in [0.2, 0.25) is 0 Å². The number of ether oxygens (including phenoxy) is 1. The number of nitrogens with zero attached hydrogens (tertiary/aromatic N) is 3. The van der Waals surface area contributed by atoms with E-state index in [1.54, 1.807) is 18.2 Å². The Morgan fingerprint density at radius 1 is 1.09 bits per heavy atom. The van der Waals surface area contributed by atoms with E-state index in [1.807, 2.05) is 29.7 Å². The summed E-state index contributed by atoms with van der Waals surface area (Å²) in [6, 6.07) is 14.6. The van der Waals surface area contributed by atoms with Crippen molar-refractivity contribution in [2.75, 3.05) is 11.1 Å². The maximum atomic E-state index is 12.4. The zero-order valence-corrected chi connectivity index (χ0v) is 19.9. The molecule has 0 aliphatic heterocycles. The molecule has 2 aromatic carbocycles. The number of carbonyl (C=O) groups excluding carboxylic acids is 1. The fourth-order valence-corrected chi connectivity index (χ4v) is 4.24. The molecule has 0 bridgehead atoms. The molecule has 32 heavy (non-hydrogen) atoms. The van der Waals surface area contributed by atoms with Gasteiger partial charge in [-0.2, -0.15) is 0 Å². The van der Waals surface area contributed by atoms with Crippen LogP contribution in [-0.4, -0.2) is 31.5 Å². The van der Waals surface area contributed by atoms with Crippen LogP contribution in [0.4, 0.5) is 5.69 Å². The summed E-state index contributed by atoms with van der Waals surface area (Å²) in [7, 11) is 0. The molecule has 3 aromatic rings. The van der Waals surface area contributed by atoms with Gasteiger partial charge >= 0.3 is 0 Å². The van der Waals surface area contributed by atoms with Gasteiger partial charge in [0.2, 0.25) is 5.91 Å². The Balaban J connectivity index is 1.72. The molecular formula is C24H30N4O3S. The van der Waals surface area contributed by atoms with E-state index in [0.717, 1.165) is 17.1 Å². The summed E-state index contributed by atoms with van der Waals surface area (Å²) >= 11 is 1.32. The van der Waals surface area contributed by atoms with E-state index in [1.165, 1.54) is 17.8 Å². The van der Waals surface area contributed by atoms with Crippen LogP contribution >= 0.6 is 11.8 Å². The number of nitrogens with one attached hydrogen (secondary N) is 1. The number of para-hydroxylation sites is 1. The molecule has 0 saturated carbocycles. The molecule has 3 rings (SSSR count). The van der Waals surface area contributed by atoms with Crippen molar-refractivity contribution in [1.29, 1.82) is 0 Å². The minimum absolute atomic E-state index is 0.100. The van der Waals surface area contributed by atoms with Gasteiger partial charge in [0.05, 0.1) is 5.75 Å². The van der Waals surface area contributed by atoms with Gasteiger partial charge in [-0.25, -0.2) is 0 Å². The van der Waals surface area contributed by atoms with Crippen molar-refractivity contribution in [3.63, 3.8) is 0 Å². The molecule has 0 aliphatic rings. The molecule has 1 heterocycles. The van der Waals surface area contributed by atoms with E-state index in [9.17, 15) is 9.90 Å². The predicted molar refractivity (Wildman–Crippen MR) is 127 cm³/mol. The second-order valence-corrected chi connectivity index (χ2v) is 9.09. The third kappa shape index (κ3) is 5.82. The van der Waals surface area contributed by atoms with Crippen LogP contribution in [0.5, 0.6) is 11.5 Å². The lowest BCUT2D eigenvalue weighted by Gasteiger charge is -2.21. The summed E-state index contributed by atoms with van der Waals surface area (Å²) in [5, 5.41) is 21.7. The second kappa shape index (κ2) is 10.5. The third-order valence-corrected chi connectivity index (χ3v) is 5.82. The van der Waals surface area contributed by atoms with Crippen LogP contribution in [-0.2, 0) is 4.79 Å². The maximum Gasteiger partial charge on any atom is 0.234 e. The molecule has 0 radical (unpaired) electrons. The molecule has 0 aliphatic carbocycles. The molecule has 8 heteroatoms. The van der Waals surface area contributed by atoms with Crippen molar-refractivity contribution in [2.45, 2.75) is 57.8 Å². The number of amides is 1. The Morgan fingerprint density at radius 2 is 1.84 bits per heavy atom. The van der Waals surface area contributed by atoms with Gasteiger partial charge < -0.3 is 19.7 Å². The number of benzene rings is 2. The molecule has 1 atom stereocenters. The molecular weight excluding hydrogens is 424 g/mol. The maximum absolute atomic E-state index is 12.4. The summed E-state index contributed by atoms with van der Waals surface area (Å²) < 4.78 is 8.29. The van der Waals surface area contributed by atoms with E-state index in [4.69, 9.17) is 4.74 Å². The number of phenols is 1. The summed E-state index contributed by atoms with van der Waals surface area (Å²) in [5.74, 6) is 2.00. The first-order valence-corrected chi connectivity index (χ1v) is 11.7. The molecule has 170 valence electrons. The summed E-state index contributed by atoms with van der Waals surface area (Å²) in [5.41, 5.74) is 1.70. The Morgan fingerprint density at radius 3 is 2.53 bits per heavy atom. The molecule has 7 nitrogen and oxygen atoms in total. The smallest absolute Gasteiger partial charge is 0.234 e. The lowest BCUT2D eigenvalue weighted by molar-refractivity contribution is -0.113. The summed E-state index contributed by atoms with van der Waals surface area (Å²) in [6.45, 7) is 10.3. The van der Waals surface area contributed by atoms with Crippen molar-refractivity contribution < 1.29 is 14.6 Å². The lowest BCUT2D eigenvalue weighted by atomic mass is 10.0.